The highest BCUT2D eigenvalue weighted by Crippen LogP contribution is 2.35. The van der Waals surface area contributed by atoms with Crippen molar-refractivity contribution in [3.63, 3.8) is 0 Å². The molecule has 3 aliphatic rings. The molecule has 0 N–H and O–H groups in total. The van der Waals surface area contributed by atoms with Crippen LogP contribution in [0.4, 0.5) is 0 Å². The van der Waals surface area contributed by atoms with Gasteiger partial charge in [0.15, 0.2) is 11.5 Å². The first-order valence-corrected chi connectivity index (χ1v) is 9.07. The summed E-state index contributed by atoms with van der Waals surface area (Å²) in [5.41, 5.74) is 0.949. The summed E-state index contributed by atoms with van der Waals surface area (Å²) in [6, 6.07) is 5.83. The Balaban J connectivity index is 1.43. The Morgan fingerprint density at radius 3 is 2.96 bits per heavy atom. The molecule has 0 bridgehead atoms. The van der Waals surface area contributed by atoms with Crippen LogP contribution in [0.1, 0.15) is 32.3 Å². The number of rotatable bonds is 4. The highest BCUT2D eigenvalue weighted by Gasteiger charge is 2.45. The molecule has 0 radical (unpaired) electrons. The van der Waals surface area contributed by atoms with Gasteiger partial charge >= 0.3 is 0 Å². The maximum atomic E-state index is 12.9. The molecular weight excluding hydrogens is 322 g/mol. The van der Waals surface area contributed by atoms with E-state index in [0.29, 0.717) is 19.6 Å². The first-order valence-electron chi connectivity index (χ1n) is 9.07. The molecule has 4 rings (SSSR count). The van der Waals surface area contributed by atoms with Gasteiger partial charge in [0.25, 0.3) is 0 Å². The van der Waals surface area contributed by atoms with Crippen LogP contribution in [-0.2, 0) is 20.7 Å². The van der Waals surface area contributed by atoms with Crippen LogP contribution in [-0.4, -0.2) is 55.1 Å². The number of carbonyl (C=O) groups excluding carboxylic acids is 1. The van der Waals surface area contributed by atoms with Gasteiger partial charge in [-0.1, -0.05) is 6.07 Å². The van der Waals surface area contributed by atoms with E-state index in [4.69, 9.17) is 18.9 Å². The van der Waals surface area contributed by atoms with Gasteiger partial charge in [0, 0.05) is 6.54 Å². The fourth-order valence-corrected chi connectivity index (χ4v) is 4.05. The fourth-order valence-electron chi connectivity index (χ4n) is 4.05. The van der Waals surface area contributed by atoms with Crippen LogP contribution in [0.3, 0.4) is 0 Å². The van der Waals surface area contributed by atoms with Gasteiger partial charge in [-0.25, -0.2) is 0 Å². The van der Waals surface area contributed by atoms with Crippen LogP contribution < -0.4 is 9.47 Å². The molecular formula is C19H25NO5. The van der Waals surface area contributed by atoms with E-state index in [0.717, 1.165) is 29.9 Å². The topological polar surface area (TPSA) is 57.2 Å². The average molecular weight is 347 g/mol. The van der Waals surface area contributed by atoms with E-state index in [1.54, 1.807) is 0 Å². The molecule has 2 fully saturated rings. The highest BCUT2D eigenvalue weighted by molar-refractivity contribution is 5.79. The van der Waals surface area contributed by atoms with Gasteiger partial charge in [-0.05, 0) is 44.4 Å². The minimum absolute atomic E-state index is 0.00291. The Labute approximate surface area is 148 Å². The summed E-state index contributed by atoms with van der Waals surface area (Å²) < 4.78 is 22.7. The minimum Gasteiger partial charge on any atom is -0.454 e. The van der Waals surface area contributed by atoms with Gasteiger partial charge in [0.1, 0.15) is 6.10 Å². The zero-order chi connectivity index (χ0) is 17.4. The van der Waals surface area contributed by atoms with Gasteiger partial charge in [-0.2, -0.15) is 0 Å². The third-order valence-electron chi connectivity index (χ3n) is 5.10. The quantitative estimate of drug-likeness (QED) is 0.835. The van der Waals surface area contributed by atoms with Crippen molar-refractivity contribution in [1.29, 1.82) is 0 Å². The summed E-state index contributed by atoms with van der Waals surface area (Å²) in [6.07, 6.45) is 2.52. The number of morpholine rings is 1. The lowest BCUT2D eigenvalue weighted by Crippen LogP contribution is -2.54. The molecule has 1 aliphatic carbocycles. The van der Waals surface area contributed by atoms with Crippen molar-refractivity contribution >= 4 is 5.91 Å². The van der Waals surface area contributed by atoms with Crippen molar-refractivity contribution in [2.75, 3.05) is 19.9 Å². The summed E-state index contributed by atoms with van der Waals surface area (Å²) >= 11 is 0. The fraction of sp³-hybridized carbons (Fsp3) is 0.632. The predicted molar refractivity (Wildman–Crippen MR) is 90.8 cm³/mol. The molecule has 6 heteroatoms. The second kappa shape index (κ2) is 6.84. The molecule has 136 valence electrons. The van der Waals surface area contributed by atoms with Crippen molar-refractivity contribution in [3.05, 3.63) is 23.8 Å². The Hall–Kier alpha value is -1.79. The molecule has 2 heterocycles. The normalized spacial score (nSPS) is 27.6. The lowest BCUT2D eigenvalue weighted by molar-refractivity contribution is -0.153. The van der Waals surface area contributed by atoms with E-state index >= 15 is 0 Å². The van der Waals surface area contributed by atoms with Crippen LogP contribution in [0.5, 0.6) is 11.5 Å². The molecule has 1 aromatic carbocycles. The minimum atomic E-state index is -0.00291. The van der Waals surface area contributed by atoms with Gasteiger partial charge in [-0.3, -0.25) is 4.79 Å². The molecule has 0 spiro atoms. The Morgan fingerprint density at radius 2 is 2.12 bits per heavy atom. The number of carbonyl (C=O) groups is 1. The standard InChI is InChI=1S/C19H25NO5/c1-12(2)25-16-6-4-14-19(16)22-8-7-20(14)18(21)10-13-3-5-15-17(9-13)24-11-23-15/h3,5,9,12,14,16,19H,4,6-8,10-11H2,1-2H3/t14-,16+,19+/m0/s1. The van der Waals surface area contributed by atoms with Crippen LogP contribution >= 0.6 is 0 Å². The molecule has 25 heavy (non-hydrogen) atoms. The molecule has 6 nitrogen and oxygen atoms in total. The Kier molecular flexibility index (Phi) is 4.56. The van der Waals surface area contributed by atoms with Crippen LogP contribution in [0, 0.1) is 0 Å². The van der Waals surface area contributed by atoms with Gasteiger partial charge in [0.2, 0.25) is 12.7 Å². The van der Waals surface area contributed by atoms with E-state index in [1.807, 2.05) is 36.9 Å². The number of nitrogens with zero attached hydrogens (tertiary/aromatic N) is 1. The number of hydrogen-bond acceptors (Lipinski definition) is 5. The second-order valence-electron chi connectivity index (χ2n) is 7.15. The molecule has 0 aromatic heterocycles. The summed E-state index contributed by atoms with van der Waals surface area (Å²) in [7, 11) is 0. The number of ether oxygens (including phenoxy) is 4. The predicted octanol–water partition coefficient (Wildman–Crippen LogP) is 2.14. The second-order valence-corrected chi connectivity index (χ2v) is 7.15. The smallest absolute Gasteiger partial charge is 0.231 e. The van der Waals surface area contributed by atoms with E-state index in [-0.39, 0.29) is 37.1 Å². The number of benzene rings is 1. The van der Waals surface area contributed by atoms with Crippen LogP contribution in [0.15, 0.2) is 18.2 Å². The first-order chi connectivity index (χ1) is 12.1. The summed E-state index contributed by atoms with van der Waals surface area (Å²) in [5.74, 6) is 1.60. The number of hydrogen-bond donors (Lipinski definition) is 0. The van der Waals surface area contributed by atoms with Crippen molar-refractivity contribution in [2.24, 2.45) is 0 Å². The largest absolute Gasteiger partial charge is 0.454 e. The molecule has 1 amide bonds. The highest BCUT2D eigenvalue weighted by atomic mass is 16.7. The zero-order valence-electron chi connectivity index (χ0n) is 14.8. The molecule has 2 aliphatic heterocycles. The van der Waals surface area contributed by atoms with E-state index < -0.39 is 0 Å². The maximum Gasteiger partial charge on any atom is 0.231 e. The number of amides is 1. The zero-order valence-corrected chi connectivity index (χ0v) is 14.8. The van der Waals surface area contributed by atoms with Crippen molar-refractivity contribution in [2.45, 2.75) is 57.5 Å². The van der Waals surface area contributed by atoms with Crippen molar-refractivity contribution in [1.82, 2.24) is 4.90 Å². The third kappa shape index (κ3) is 3.33. The van der Waals surface area contributed by atoms with Crippen LogP contribution in [0.25, 0.3) is 0 Å². The van der Waals surface area contributed by atoms with Crippen LogP contribution in [0.2, 0.25) is 0 Å². The lowest BCUT2D eigenvalue weighted by Gasteiger charge is -2.39. The van der Waals surface area contributed by atoms with Crippen molar-refractivity contribution < 1.29 is 23.7 Å². The molecule has 3 atom stereocenters. The van der Waals surface area contributed by atoms with Crippen molar-refractivity contribution in [3.8, 4) is 11.5 Å². The third-order valence-corrected chi connectivity index (χ3v) is 5.10. The first kappa shape index (κ1) is 16.7. The molecule has 1 saturated heterocycles. The molecule has 0 unspecified atom stereocenters. The lowest BCUT2D eigenvalue weighted by atomic mass is 10.1. The van der Waals surface area contributed by atoms with E-state index in [2.05, 4.69) is 0 Å². The van der Waals surface area contributed by atoms with E-state index in [9.17, 15) is 4.79 Å². The maximum absolute atomic E-state index is 12.9. The Bertz CT molecular complexity index is 647. The molecule has 1 aromatic rings. The van der Waals surface area contributed by atoms with Gasteiger partial charge in [-0.15, -0.1) is 0 Å². The summed E-state index contributed by atoms with van der Waals surface area (Å²) in [4.78, 5) is 14.9. The molecule has 1 saturated carbocycles. The summed E-state index contributed by atoms with van der Waals surface area (Å²) in [5, 5.41) is 0. The van der Waals surface area contributed by atoms with E-state index in [1.165, 1.54) is 0 Å². The number of fused-ring (bicyclic) bond motifs is 2. The van der Waals surface area contributed by atoms with Gasteiger partial charge in [0.05, 0.1) is 31.3 Å². The average Bonchev–Trinajstić information content (AvgIpc) is 3.21. The monoisotopic (exact) mass is 347 g/mol. The van der Waals surface area contributed by atoms with Gasteiger partial charge < -0.3 is 23.8 Å². The Morgan fingerprint density at radius 1 is 1.28 bits per heavy atom. The SMILES string of the molecule is CC(C)O[C@@H]1CC[C@H]2[C@H]1OCCN2C(=O)Cc1ccc2c(c1)OCO2. The summed E-state index contributed by atoms with van der Waals surface area (Å²) in [6.45, 7) is 5.56.